The maximum Gasteiger partial charge on any atom is 0.264 e. The van der Waals surface area contributed by atoms with Crippen molar-refractivity contribution in [3.05, 3.63) is 48.5 Å². The first-order valence-electron chi connectivity index (χ1n) is 10.8. The van der Waals surface area contributed by atoms with Crippen molar-refractivity contribution in [1.82, 2.24) is 5.32 Å². The van der Waals surface area contributed by atoms with Gasteiger partial charge in [-0.2, -0.15) is 0 Å². The third-order valence-corrected chi connectivity index (χ3v) is 7.96. The smallest absolute Gasteiger partial charge is 0.264 e. The van der Waals surface area contributed by atoms with Crippen molar-refractivity contribution < 1.29 is 13.2 Å². The summed E-state index contributed by atoms with van der Waals surface area (Å²) >= 11 is 0. The molecule has 1 saturated heterocycles. The molecule has 30 heavy (non-hydrogen) atoms. The van der Waals surface area contributed by atoms with Crippen LogP contribution in [0.3, 0.4) is 0 Å². The fourth-order valence-electron chi connectivity index (χ4n) is 4.53. The van der Waals surface area contributed by atoms with E-state index in [1.54, 1.807) is 29.6 Å². The summed E-state index contributed by atoms with van der Waals surface area (Å²) in [5, 5.41) is 3.34. The van der Waals surface area contributed by atoms with Crippen LogP contribution in [0, 0.1) is 0 Å². The molecule has 0 amide bonds. The van der Waals surface area contributed by atoms with Gasteiger partial charge in [0.1, 0.15) is 5.75 Å². The van der Waals surface area contributed by atoms with Gasteiger partial charge in [0, 0.05) is 32.2 Å². The Morgan fingerprint density at radius 2 is 1.70 bits per heavy atom. The van der Waals surface area contributed by atoms with E-state index in [4.69, 9.17) is 4.74 Å². The second-order valence-corrected chi connectivity index (χ2v) is 9.81. The minimum absolute atomic E-state index is 0.00381. The summed E-state index contributed by atoms with van der Waals surface area (Å²) in [5.41, 5.74) is 1.58. The van der Waals surface area contributed by atoms with Crippen LogP contribution in [0.5, 0.6) is 5.75 Å². The summed E-state index contributed by atoms with van der Waals surface area (Å²) < 4.78 is 35.1. The van der Waals surface area contributed by atoms with Crippen LogP contribution in [0.25, 0.3) is 0 Å². The minimum Gasteiger partial charge on any atom is -0.495 e. The summed E-state index contributed by atoms with van der Waals surface area (Å²) in [6, 6.07) is 14.8. The number of rotatable bonds is 6. The van der Waals surface area contributed by atoms with Crippen LogP contribution >= 0.6 is 0 Å². The lowest BCUT2D eigenvalue weighted by Gasteiger charge is -2.36. The number of anilines is 2. The topological polar surface area (TPSA) is 61.9 Å². The molecular weight excluding hydrogens is 398 g/mol. The van der Waals surface area contributed by atoms with E-state index in [1.807, 2.05) is 30.3 Å². The molecule has 2 fully saturated rings. The number of hydrogen-bond acceptors (Lipinski definition) is 5. The van der Waals surface area contributed by atoms with Gasteiger partial charge >= 0.3 is 0 Å². The van der Waals surface area contributed by atoms with E-state index < -0.39 is 10.0 Å². The summed E-state index contributed by atoms with van der Waals surface area (Å²) in [7, 11) is -2.07. The molecule has 2 aliphatic rings. The minimum atomic E-state index is -3.70. The largest absolute Gasteiger partial charge is 0.495 e. The van der Waals surface area contributed by atoms with Crippen LogP contribution in [0.1, 0.15) is 32.1 Å². The Kier molecular flexibility index (Phi) is 6.49. The highest BCUT2D eigenvalue weighted by atomic mass is 32.2. The van der Waals surface area contributed by atoms with Gasteiger partial charge in [-0.15, -0.1) is 0 Å². The number of ether oxygens (including phenoxy) is 1. The van der Waals surface area contributed by atoms with Crippen LogP contribution in [-0.2, 0) is 10.0 Å². The Morgan fingerprint density at radius 3 is 2.37 bits per heavy atom. The van der Waals surface area contributed by atoms with Gasteiger partial charge in [0.2, 0.25) is 0 Å². The quantitative estimate of drug-likeness (QED) is 0.760. The number of para-hydroxylation sites is 1. The predicted molar refractivity (Wildman–Crippen MR) is 121 cm³/mol. The molecule has 0 unspecified atom stereocenters. The van der Waals surface area contributed by atoms with Crippen LogP contribution in [-0.4, -0.2) is 47.7 Å². The first-order chi connectivity index (χ1) is 14.6. The zero-order chi connectivity index (χ0) is 21.0. The number of nitrogens with one attached hydrogen (secondary N) is 1. The molecule has 1 aliphatic carbocycles. The van der Waals surface area contributed by atoms with Gasteiger partial charge in [-0.3, -0.25) is 4.31 Å². The monoisotopic (exact) mass is 429 g/mol. The van der Waals surface area contributed by atoms with Crippen molar-refractivity contribution in [3.63, 3.8) is 0 Å². The molecule has 4 rings (SSSR count). The molecule has 1 heterocycles. The van der Waals surface area contributed by atoms with E-state index >= 15 is 0 Å². The maximum atomic E-state index is 13.9. The SMILES string of the molecule is COc1ccc(S(=O)(=O)N(c2ccccc2)C2CCCCC2)cc1N1CCNCC1. The van der Waals surface area contributed by atoms with Gasteiger partial charge in [0.25, 0.3) is 10.0 Å². The van der Waals surface area contributed by atoms with Crippen molar-refractivity contribution >= 4 is 21.4 Å². The van der Waals surface area contributed by atoms with Crippen LogP contribution in [0.4, 0.5) is 11.4 Å². The van der Waals surface area contributed by atoms with Gasteiger partial charge < -0.3 is 15.0 Å². The van der Waals surface area contributed by atoms with Gasteiger partial charge in [-0.1, -0.05) is 37.5 Å². The summed E-state index contributed by atoms with van der Waals surface area (Å²) in [6.07, 6.45) is 5.11. The zero-order valence-electron chi connectivity index (χ0n) is 17.6. The fourth-order valence-corrected chi connectivity index (χ4v) is 6.26. The number of nitrogens with zero attached hydrogens (tertiary/aromatic N) is 2. The standard InChI is InChI=1S/C23H31N3O3S/c1-29-23-13-12-21(18-22(23)25-16-14-24-15-17-25)30(27,28)26(19-8-4-2-5-9-19)20-10-6-3-7-11-20/h2,4-5,8-9,12-13,18,20,24H,3,6-7,10-11,14-17H2,1H3. The number of hydrogen-bond donors (Lipinski definition) is 1. The Balaban J connectivity index is 1.76. The lowest BCUT2D eigenvalue weighted by atomic mass is 9.95. The number of piperazine rings is 1. The lowest BCUT2D eigenvalue weighted by Crippen LogP contribution is -2.44. The lowest BCUT2D eigenvalue weighted by molar-refractivity contribution is 0.412. The van der Waals surface area contributed by atoms with Crippen molar-refractivity contribution in [2.45, 2.75) is 43.0 Å². The predicted octanol–water partition coefficient (Wildman–Crippen LogP) is 3.63. The Morgan fingerprint density at radius 1 is 1.00 bits per heavy atom. The molecular formula is C23H31N3O3S. The summed E-state index contributed by atoms with van der Waals surface area (Å²) in [6.45, 7) is 3.40. The molecule has 2 aromatic carbocycles. The first-order valence-corrected chi connectivity index (χ1v) is 12.3. The van der Waals surface area contributed by atoms with Gasteiger partial charge in [0.05, 0.1) is 23.4 Å². The third-order valence-electron chi connectivity index (χ3n) is 6.08. The average molecular weight is 430 g/mol. The number of benzene rings is 2. The number of sulfonamides is 1. The van der Waals surface area contributed by atoms with E-state index in [1.165, 1.54) is 6.42 Å². The van der Waals surface area contributed by atoms with E-state index in [2.05, 4.69) is 10.2 Å². The Labute approximate surface area is 179 Å². The molecule has 162 valence electrons. The van der Waals surface area contributed by atoms with E-state index in [9.17, 15) is 8.42 Å². The Hall–Kier alpha value is -2.25. The molecule has 2 aromatic rings. The van der Waals surface area contributed by atoms with E-state index in [0.717, 1.165) is 63.2 Å². The zero-order valence-corrected chi connectivity index (χ0v) is 18.4. The molecule has 0 aromatic heterocycles. The molecule has 1 aliphatic heterocycles. The van der Waals surface area contributed by atoms with E-state index in [-0.39, 0.29) is 6.04 Å². The molecule has 6 nitrogen and oxygen atoms in total. The highest BCUT2D eigenvalue weighted by Crippen LogP contribution is 2.36. The van der Waals surface area contributed by atoms with Gasteiger partial charge in [0.15, 0.2) is 0 Å². The van der Waals surface area contributed by atoms with Crippen molar-refractivity contribution in [3.8, 4) is 5.75 Å². The third kappa shape index (κ3) is 4.27. The van der Waals surface area contributed by atoms with Crippen molar-refractivity contribution in [2.75, 3.05) is 42.5 Å². The highest BCUT2D eigenvalue weighted by molar-refractivity contribution is 7.92. The van der Waals surface area contributed by atoms with Gasteiger partial charge in [-0.25, -0.2) is 8.42 Å². The maximum absolute atomic E-state index is 13.9. The molecule has 0 spiro atoms. The van der Waals surface area contributed by atoms with Crippen molar-refractivity contribution in [2.24, 2.45) is 0 Å². The first kappa shape index (κ1) is 21.0. The highest BCUT2D eigenvalue weighted by Gasteiger charge is 2.33. The molecule has 0 bridgehead atoms. The molecule has 7 heteroatoms. The second kappa shape index (κ2) is 9.27. The fraction of sp³-hybridized carbons (Fsp3) is 0.478. The second-order valence-electron chi connectivity index (χ2n) is 8.00. The van der Waals surface area contributed by atoms with Crippen LogP contribution in [0.15, 0.2) is 53.4 Å². The van der Waals surface area contributed by atoms with Gasteiger partial charge in [-0.05, 0) is 43.2 Å². The molecule has 1 saturated carbocycles. The van der Waals surface area contributed by atoms with Crippen molar-refractivity contribution in [1.29, 1.82) is 0 Å². The molecule has 0 atom stereocenters. The molecule has 1 N–H and O–H groups in total. The average Bonchev–Trinajstić information content (AvgIpc) is 2.80. The normalized spacial score (nSPS) is 18.2. The van der Waals surface area contributed by atoms with Crippen LogP contribution < -0.4 is 19.3 Å². The van der Waals surface area contributed by atoms with E-state index in [0.29, 0.717) is 10.6 Å². The Bertz CT molecular complexity index is 937. The summed E-state index contributed by atoms with van der Waals surface area (Å²) in [4.78, 5) is 2.52. The number of methoxy groups -OCH3 is 1. The summed E-state index contributed by atoms with van der Waals surface area (Å²) in [5.74, 6) is 0.708. The molecule has 0 radical (unpaired) electrons. The van der Waals surface area contributed by atoms with Crippen LogP contribution in [0.2, 0.25) is 0 Å².